The van der Waals surface area contributed by atoms with E-state index in [2.05, 4.69) is 55.7 Å². The lowest BCUT2D eigenvalue weighted by molar-refractivity contribution is 0.0522. The highest BCUT2D eigenvalue weighted by Gasteiger charge is 2.35. The molecule has 134 valence electrons. The van der Waals surface area contributed by atoms with Gasteiger partial charge in [0.05, 0.1) is 13.2 Å². The number of rotatable bonds is 6. The Bertz CT molecular complexity index is 505. The van der Waals surface area contributed by atoms with Gasteiger partial charge in [-0.1, -0.05) is 51.5 Å². The van der Waals surface area contributed by atoms with E-state index in [9.17, 15) is 0 Å². The molecule has 0 spiro atoms. The Morgan fingerprint density at radius 2 is 2.00 bits per heavy atom. The van der Waals surface area contributed by atoms with Crippen molar-refractivity contribution in [1.29, 1.82) is 0 Å². The summed E-state index contributed by atoms with van der Waals surface area (Å²) in [6.45, 7) is 10.7. The molecule has 0 amide bonds. The summed E-state index contributed by atoms with van der Waals surface area (Å²) in [5, 5.41) is 7.57. The first-order valence-corrected chi connectivity index (χ1v) is 9.74. The number of aryl methyl sites for hydroxylation is 1. The molecule has 1 saturated carbocycles. The van der Waals surface area contributed by atoms with Crippen molar-refractivity contribution in [2.45, 2.75) is 64.0 Å². The van der Waals surface area contributed by atoms with Crippen molar-refractivity contribution in [2.24, 2.45) is 5.92 Å². The maximum Gasteiger partial charge on any atom is 0.0623 e. The summed E-state index contributed by atoms with van der Waals surface area (Å²) in [4.78, 5) is 0. The Balaban J connectivity index is 1.58. The molecule has 3 nitrogen and oxygen atoms in total. The van der Waals surface area contributed by atoms with E-state index in [-0.39, 0.29) is 5.41 Å². The van der Waals surface area contributed by atoms with E-state index < -0.39 is 0 Å². The third-order valence-electron chi connectivity index (χ3n) is 5.99. The molecule has 1 aromatic carbocycles. The molecule has 1 heterocycles. The van der Waals surface area contributed by atoms with Gasteiger partial charge in [0.2, 0.25) is 0 Å². The second-order valence-corrected chi connectivity index (χ2v) is 8.15. The number of morpholine rings is 1. The Labute approximate surface area is 147 Å². The number of ether oxygens (including phenoxy) is 1. The van der Waals surface area contributed by atoms with Crippen molar-refractivity contribution >= 4 is 0 Å². The fourth-order valence-corrected chi connectivity index (χ4v) is 4.26. The van der Waals surface area contributed by atoms with Crippen molar-refractivity contribution in [3.63, 3.8) is 0 Å². The zero-order valence-corrected chi connectivity index (χ0v) is 15.6. The number of hydrogen-bond donors (Lipinski definition) is 2. The minimum Gasteiger partial charge on any atom is -0.379 e. The largest absolute Gasteiger partial charge is 0.379 e. The lowest BCUT2D eigenvalue weighted by atomic mass is 9.83. The molecule has 1 aromatic rings. The maximum atomic E-state index is 5.69. The first-order chi connectivity index (χ1) is 11.6. The van der Waals surface area contributed by atoms with Crippen molar-refractivity contribution in [3.8, 4) is 0 Å². The SMILES string of the molecule is CCc1ccc(C(C)(C)CNC2CCCC2C2COCCN2)cc1. The summed E-state index contributed by atoms with van der Waals surface area (Å²) in [6.07, 6.45) is 5.07. The molecular formula is C21H34N2O. The topological polar surface area (TPSA) is 33.3 Å². The average molecular weight is 331 g/mol. The van der Waals surface area contributed by atoms with Crippen LogP contribution in [-0.4, -0.2) is 38.4 Å². The molecule has 3 rings (SSSR count). The van der Waals surface area contributed by atoms with Gasteiger partial charge in [-0.05, 0) is 36.3 Å². The number of benzene rings is 1. The number of nitrogens with one attached hydrogen (secondary N) is 2. The zero-order valence-electron chi connectivity index (χ0n) is 15.6. The van der Waals surface area contributed by atoms with Gasteiger partial charge in [-0.15, -0.1) is 0 Å². The van der Waals surface area contributed by atoms with Crippen LogP contribution in [0.25, 0.3) is 0 Å². The van der Waals surface area contributed by atoms with E-state index in [1.165, 1.54) is 30.4 Å². The van der Waals surface area contributed by atoms with E-state index in [4.69, 9.17) is 4.74 Å². The van der Waals surface area contributed by atoms with Crippen molar-refractivity contribution in [2.75, 3.05) is 26.3 Å². The quantitative estimate of drug-likeness (QED) is 0.840. The van der Waals surface area contributed by atoms with Crippen LogP contribution in [0.3, 0.4) is 0 Å². The van der Waals surface area contributed by atoms with Crippen LogP contribution < -0.4 is 10.6 Å². The molecule has 2 N–H and O–H groups in total. The van der Waals surface area contributed by atoms with E-state index in [1.807, 2.05) is 0 Å². The third kappa shape index (κ3) is 4.19. The maximum absolute atomic E-state index is 5.69. The monoisotopic (exact) mass is 330 g/mol. The first-order valence-electron chi connectivity index (χ1n) is 9.74. The minimum absolute atomic E-state index is 0.163. The van der Waals surface area contributed by atoms with Crippen LogP contribution in [0.15, 0.2) is 24.3 Å². The molecule has 3 heteroatoms. The van der Waals surface area contributed by atoms with Crippen LogP contribution >= 0.6 is 0 Å². The van der Waals surface area contributed by atoms with E-state index in [0.29, 0.717) is 18.0 Å². The molecule has 1 aliphatic heterocycles. The van der Waals surface area contributed by atoms with Gasteiger partial charge in [-0.25, -0.2) is 0 Å². The highest BCUT2D eigenvalue weighted by molar-refractivity contribution is 5.28. The first kappa shape index (κ1) is 17.9. The zero-order chi connectivity index (χ0) is 17.0. The molecule has 2 fully saturated rings. The summed E-state index contributed by atoms with van der Waals surface area (Å²) in [5.41, 5.74) is 3.01. The molecule has 24 heavy (non-hydrogen) atoms. The van der Waals surface area contributed by atoms with E-state index >= 15 is 0 Å². The van der Waals surface area contributed by atoms with Crippen LogP contribution in [0, 0.1) is 5.92 Å². The molecule has 0 radical (unpaired) electrons. The Morgan fingerprint density at radius 1 is 1.21 bits per heavy atom. The highest BCUT2D eigenvalue weighted by Crippen LogP contribution is 2.31. The summed E-state index contributed by atoms with van der Waals surface area (Å²) in [5.74, 6) is 0.712. The normalized spacial score (nSPS) is 28.2. The standard InChI is InChI=1S/C21H34N2O/c1-4-16-8-10-17(11-9-16)21(2,3)15-23-19-7-5-6-18(19)20-14-24-13-12-22-20/h8-11,18-20,22-23H,4-7,12-15H2,1-3H3. The van der Waals surface area contributed by atoms with Gasteiger partial charge in [0.15, 0.2) is 0 Å². The number of hydrogen-bond acceptors (Lipinski definition) is 3. The minimum atomic E-state index is 0.163. The lowest BCUT2D eigenvalue weighted by Gasteiger charge is -2.35. The lowest BCUT2D eigenvalue weighted by Crippen LogP contribution is -2.52. The van der Waals surface area contributed by atoms with Crippen LogP contribution in [0.4, 0.5) is 0 Å². The molecule has 1 aliphatic carbocycles. The molecule has 2 aliphatic rings. The summed E-state index contributed by atoms with van der Waals surface area (Å²) in [7, 11) is 0. The van der Waals surface area contributed by atoms with Crippen molar-refractivity contribution in [1.82, 2.24) is 10.6 Å². The average Bonchev–Trinajstić information content (AvgIpc) is 3.09. The second-order valence-electron chi connectivity index (χ2n) is 8.15. The molecule has 1 saturated heterocycles. The van der Waals surface area contributed by atoms with Crippen molar-refractivity contribution in [3.05, 3.63) is 35.4 Å². The molecular weight excluding hydrogens is 296 g/mol. The van der Waals surface area contributed by atoms with Crippen LogP contribution in [0.1, 0.15) is 51.2 Å². The fourth-order valence-electron chi connectivity index (χ4n) is 4.26. The van der Waals surface area contributed by atoms with Crippen molar-refractivity contribution < 1.29 is 4.74 Å². The van der Waals surface area contributed by atoms with E-state index in [0.717, 1.165) is 32.7 Å². The van der Waals surface area contributed by atoms with Gasteiger partial charge in [0.25, 0.3) is 0 Å². The van der Waals surface area contributed by atoms with Crippen LogP contribution in [-0.2, 0) is 16.6 Å². The van der Waals surface area contributed by atoms with E-state index in [1.54, 1.807) is 0 Å². The molecule has 0 aromatic heterocycles. The Kier molecular flexibility index (Phi) is 5.96. The smallest absolute Gasteiger partial charge is 0.0623 e. The van der Waals surface area contributed by atoms with Gasteiger partial charge >= 0.3 is 0 Å². The van der Waals surface area contributed by atoms with Gasteiger partial charge in [-0.2, -0.15) is 0 Å². The Morgan fingerprint density at radius 3 is 2.67 bits per heavy atom. The summed E-state index contributed by atoms with van der Waals surface area (Å²) >= 11 is 0. The van der Waals surface area contributed by atoms with Crippen LogP contribution in [0.2, 0.25) is 0 Å². The molecule has 3 unspecified atom stereocenters. The van der Waals surface area contributed by atoms with Gasteiger partial charge < -0.3 is 15.4 Å². The van der Waals surface area contributed by atoms with Gasteiger partial charge in [0, 0.05) is 30.6 Å². The molecule has 3 atom stereocenters. The third-order valence-corrected chi connectivity index (χ3v) is 5.99. The summed E-state index contributed by atoms with van der Waals surface area (Å²) < 4.78 is 5.69. The summed E-state index contributed by atoms with van der Waals surface area (Å²) in [6, 6.07) is 10.3. The molecule has 0 bridgehead atoms. The predicted molar refractivity (Wildman–Crippen MR) is 101 cm³/mol. The predicted octanol–water partition coefficient (Wildman–Crippen LogP) is 3.27. The highest BCUT2D eigenvalue weighted by atomic mass is 16.5. The second kappa shape index (κ2) is 7.99. The Hall–Kier alpha value is -0.900. The van der Waals surface area contributed by atoms with Gasteiger partial charge in [0.1, 0.15) is 0 Å². The van der Waals surface area contributed by atoms with Crippen LogP contribution in [0.5, 0.6) is 0 Å². The van der Waals surface area contributed by atoms with Gasteiger partial charge in [-0.3, -0.25) is 0 Å². The fraction of sp³-hybridized carbons (Fsp3) is 0.714.